The van der Waals surface area contributed by atoms with Gasteiger partial charge in [0, 0.05) is 23.6 Å². The maximum absolute atomic E-state index is 13.8. The standard InChI is InChI=1S/C31H39N3O4/c1-38-30(36)22-34(19-18-24-12-6-3-7-13-24)31(37)28(17-16-23-10-4-2-5-11-23)33-29(35)20-25-21-32-27-15-9-8-14-26(25)27/h2,4-5,8-11,14-15,21,24,28,32H,3,6-7,12-13,16-20,22H2,1H3,(H,33,35)/t28-/m0/s1. The summed E-state index contributed by atoms with van der Waals surface area (Å²) in [5.41, 5.74) is 2.95. The predicted octanol–water partition coefficient (Wildman–Crippen LogP) is 4.80. The van der Waals surface area contributed by atoms with Crippen LogP contribution in [0.25, 0.3) is 10.9 Å². The highest BCUT2D eigenvalue weighted by Crippen LogP contribution is 2.26. The van der Waals surface area contributed by atoms with Crippen LogP contribution >= 0.6 is 0 Å². The molecule has 0 spiro atoms. The van der Waals surface area contributed by atoms with E-state index < -0.39 is 12.0 Å². The van der Waals surface area contributed by atoms with Crippen LogP contribution in [0.1, 0.15) is 56.1 Å². The molecule has 1 aliphatic rings. The zero-order chi connectivity index (χ0) is 26.7. The van der Waals surface area contributed by atoms with E-state index in [0.717, 1.165) is 28.5 Å². The average Bonchev–Trinajstić information content (AvgIpc) is 3.36. The first-order valence-electron chi connectivity index (χ1n) is 13.8. The van der Waals surface area contributed by atoms with Crippen LogP contribution in [-0.4, -0.2) is 53.9 Å². The van der Waals surface area contributed by atoms with Crippen molar-refractivity contribution in [1.29, 1.82) is 0 Å². The van der Waals surface area contributed by atoms with Gasteiger partial charge in [0.05, 0.1) is 13.5 Å². The molecule has 2 amide bonds. The van der Waals surface area contributed by atoms with Gasteiger partial charge in [0.15, 0.2) is 0 Å². The van der Waals surface area contributed by atoms with Crippen LogP contribution < -0.4 is 5.32 Å². The maximum atomic E-state index is 13.8. The van der Waals surface area contributed by atoms with E-state index in [-0.39, 0.29) is 24.8 Å². The predicted molar refractivity (Wildman–Crippen MR) is 148 cm³/mol. The van der Waals surface area contributed by atoms with Gasteiger partial charge in [-0.3, -0.25) is 14.4 Å². The lowest BCUT2D eigenvalue weighted by atomic mass is 9.87. The molecule has 7 nitrogen and oxygen atoms in total. The second-order valence-electron chi connectivity index (χ2n) is 10.3. The number of para-hydroxylation sites is 1. The number of carbonyl (C=O) groups is 3. The van der Waals surface area contributed by atoms with Gasteiger partial charge in [-0.15, -0.1) is 0 Å². The zero-order valence-corrected chi connectivity index (χ0v) is 22.3. The molecule has 1 fully saturated rings. The Hall–Kier alpha value is -3.61. The molecular weight excluding hydrogens is 478 g/mol. The van der Waals surface area contributed by atoms with Crippen molar-refractivity contribution in [1.82, 2.24) is 15.2 Å². The van der Waals surface area contributed by atoms with Gasteiger partial charge in [-0.05, 0) is 42.4 Å². The largest absolute Gasteiger partial charge is 0.468 e. The van der Waals surface area contributed by atoms with Crippen LogP contribution in [0.2, 0.25) is 0 Å². The van der Waals surface area contributed by atoms with E-state index in [1.165, 1.54) is 39.2 Å². The third-order valence-corrected chi connectivity index (χ3v) is 7.62. The van der Waals surface area contributed by atoms with Crippen LogP contribution in [0.15, 0.2) is 60.8 Å². The normalized spacial score (nSPS) is 14.7. The van der Waals surface area contributed by atoms with Gasteiger partial charge in [0.2, 0.25) is 11.8 Å². The van der Waals surface area contributed by atoms with E-state index in [1.54, 1.807) is 4.90 Å². The molecule has 2 aromatic carbocycles. The van der Waals surface area contributed by atoms with Crippen molar-refractivity contribution in [2.24, 2.45) is 5.92 Å². The van der Waals surface area contributed by atoms with Crippen LogP contribution in [0, 0.1) is 5.92 Å². The smallest absolute Gasteiger partial charge is 0.325 e. The van der Waals surface area contributed by atoms with Gasteiger partial charge in [-0.1, -0.05) is 80.6 Å². The van der Waals surface area contributed by atoms with E-state index in [0.29, 0.717) is 25.3 Å². The molecule has 0 radical (unpaired) electrons. The lowest BCUT2D eigenvalue weighted by Crippen LogP contribution is -2.51. The number of hydrogen-bond acceptors (Lipinski definition) is 4. The number of hydrogen-bond donors (Lipinski definition) is 2. The molecule has 0 bridgehead atoms. The molecule has 1 aromatic heterocycles. The summed E-state index contributed by atoms with van der Waals surface area (Å²) >= 11 is 0. The van der Waals surface area contributed by atoms with E-state index >= 15 is 0 Å². The number of aryl methyl sites for hydroxylation is 1. The van der Waals surface area contributed by atoms with Gasteiger partial charge in [0.25, 0.3) is 0 Å². The number of nitrogens with zero attached hydrogens (tertiary/aromatic N) is 1. The topological polar surface area (TPSA) is 91.5 Å². The molecule has 1 saturated carbocycles. The number of rotatable bonds is 12. The van der Waals surface area contributed by atoms with Crippen molar-refractivity contribution in [2.45, 2.75) is 63.8 Å². The quantitative estimate of drug-likeness (QED) is 0.338. The first-order valence-corrected chi connectivity index (χ1v) is 13.8. The lowest BCUT2D eigenvalue weighted by Gasteiger charge is -2.29. The Labute approximate surface area is 224 Å². The van der Waals surface area contributed by atoms with Gasteiger partial charge in [0.1, 0.15) is 12.6 Å². The molecule has 3 aromatic rings. The Balaban J connectivity index is 1.48. The van der Waals surface area contributed by atoms with Crippen molar-refractivity contribution in [3.05, 3.63) is 71.9 Å². The van der Waals surface area contributed by atoms with E-state index in [4.69, 9.17) is 4.74 Å². The highest BCUT2D eigenvalue weighted by molar-refractivity contribution is 5.92. The second-order valence-corrected chi connectivity index (χ2v) is 10.3. The van der Waals surface area contributed by atoms with Gasteiger partial charge in [-0.25, -0.2) is 0 Å². The fourth-order valence-corrected chi connectivity index (χ4v) is 5.43. The molecule has 4 rings (SSSR count). The average molecular weight is 518 g/mol. The fraction of sp³-hybridized carbons (Fsp3) is 0.452. The Morgan fingerprint density at radius 2 is 1.76 bits per heavy atom. The molecule has 0 unspecified atom stereocenters. The van der Waals surface area contributed by atoms with Crippen LogP contribution in [-0.2, 0) is 32.0 Å². The van der Waals surface area contributed by atoms with Crippen molar-refractivity contribution in [3.8, 4) is 0 Å². The molecule has 1 atom stereocenters. The number of benzene rings is 2. The third kappa shape index (κ3) is 7.70. The van der Waals surface area contributed by atoms with Crippen molar-refractivity contribution < 1.29 is 19.1 Å². The summed E-state index contributed by atoms with van der Waals surface area (Å²) in [6, 6.07) is 17.0. The first kappa shape index (κ1) is 27.4. The molecular formula is C31H39N3O4. The van der Waals surface area contributed by atoms with Crippen LogP contribution in [0.4, 0.5) is 0 Å². The summed E-state index contributed by atoms with van der Waals surface area (Å²) in [5.74, 6) is -0.328. The third-order valence-electron chi connectivity index (χ3n) is 7.62. The molecule has 1 heterocycles. The maximum Gasteiger partial charge on any atom is 0.325 e. The molecule has 0 aliphatic heterocycles. The number of nitrogens with one attached hydrogen (secondary N) is 2. The number of aromatic nitrogens is 1. The Kier molecular flexibility index (Phi) is 9.96. The number of aromatic amines is 1. The van der Waals surface area contributed by atoms with Crippen molar-refractivity contribution >= 4 is 28.7 Å². The summed E-state index contributed by atoms with van der Waals surface area (Å²) in [6.07, 6.45) is 10.00. The summed E-state index contributed by atoms with van der Waals surface area (Å²) in [7, 11) is 1.34. The first-order chi connectivity index (χ1) is 18.5. The summed E-state index contributed by atoms with van der Waals surface area (Å²) in [4.78, 5) is 44.1. The van der Waals surface area contributed by atoms with Gasteiger partial charge < -0.3 is 19.9 Å². The number of methoxy groups -OCH3 is 1. The highest BCUT2D eigenvalue weighted by atomic mass is 16.5. The van der Waals surface area contributed by atoms with E-state index in [1.807, 2.05) is 60.8 Å². The summed E-state index contributed by atoms with van der Waals surface area (Å²) in [6.45, 7) is 0.376. The Bertz CT molecular complexity index is 1200. The minimum atomic E-state index is -0.732. The minimum Gasteiger partial charge on any atom is -0.468 e. The number of fused-ring (bicyclic) bond motifs is 1. The number of ether oxygens (including phenoxy) is 1. The lowest BCUT2D eigenvalue weighted by molar-refractivity contribution is -0.148. The molecule has 7 heteroatoms. The van der Waals surface area contributed by atoms with E-state index in [9.17, 15) is 14.4 Å². The zero-order valence-electron chi connectivity index (χ0n) is 22.3. The van der Waals surface area contributed by atoms with Gasteiger partial charge >= 0.3 is 5.97 Å². The van der Waals surface area contributed by atoms with E-state index in [2.05, 4.69) is 10.3 Å². The second kappa shape index (κ2) is 13.8. The van der Waals surface area contributed by atoms with Crippen molar-refractivity contribution in [2.75, 3.05) is 20.2 Å². The number of amides is 2. The highest BCUT2D eigenvalue weighted by Gasteiger charge is 2.28. The number of H-pyrrole nitrogens is 1. The summed E-state index contributed by atoms with van der Waals surface area (Å²) in [5, 5.41) is 4.00. The molecule has 202 valence electrons. The molecule has 2 N–H and O–H groups in total. The Morgan fingerprint density at radius 1 is 1.03 bits per heavy atom. The minimum absolute atomic E-state index is 0.109. The van der Waals surface area contributed by atoms with Crippen LogP contribution in [0.3, 0.4) is 0 Å². The van der Waals surface area contributed by atoms with Gasteiger partial charge in [-0.2, -0.15) is 0 Å². The molecule has 1 aliphatic carbocycles. The fourth-order valence-electron chi connectivity index (χ4n) is 5.43. The number of carbonyl (C=O) groups excluding carboxylic acids is 3. The van der Waals surface area contributed by atoms with Crippen LogP contribution in [0.5, 0.6) is 0 Å². The Morgan fingerprint density at radius 3 is 2.53 bits per heavy atom. The SMILES string of the molecule is COC(=O)CN(CCC1CCCCC1)C(=O)[C@H](CCc1ccccc1)NC(=O)Cc1c[nH]c2ccccc12. The van der Waals surface area contributed by atoms with Crippen molar-refractivity contribution in [3.63, 3.8) is 0 Å². The molecule has 0 saturated heterocycles. The summed E-state index contributed by atoms with van der Waals surface area (Å²) < 4.78 is 4.90. The monoisotopic (exact) mass is 517 g/mol. The number of esters is 1. The molecule has 38 heavy (non-hydrogen) atoms.